The van der Waals surface area contributed by atoms with E-state index in [0.717, 1.165) is 25.9 Å². The lowest BCUT2D eigenvalue weighted by Crippen LogP contribution is -2.47. The molecule has 0 spiro atoms. The van der Waals surface area contributed by atoms with Gasteiger partial charge in [-0.2, -0.15) is 13.2 Å². The van der Waals surface area contributed by atoms with E-state index in [4.69, 9.17) is 14.6 Å². The van der Waals surface area contributed by atoms with E-state index in [9.17, 15) is 22.0 Å². The Hall–Kier alpha value is -1.00. The molecule has 2 aliphatic rings. The van der Waals surface area contributed by atoms with E-state index in [0.29, 0.717) is 12.6 Å². The molecular formula is C13H21F5N2O3. The largest absolute Gasteiger partial charge is 0.490 e. The van der Waals surface area contributed by atoms with E-state index in [2.05, 4.69) is 5.32 Å². The van der Waals surface area contributed by atoms with Gasteiger partial charge in [-0.15, -0.1) is 0 Å². The van der Waals surface area contributed by atoms with E-state index in [1.54, 1.807) is 7.11 Å². The number of methoxy groups -OCH3 is 1. The standard InChI is InChI=1S/C11H20F2N2O.C2HF3O2/c1-16-7-10-6-11(12,13)8-15(10)9-2-4-14-5-3-9;3-2(4,5)1(6)7/h9-10,14H,2-8H2,1H3;(H,6,7)/t10-;/m1./s1. The molecule has 23 heavy (non-hydrogen) atoms. The normalized spacial score (nSPS) is 25.7. The molecule has 0 aromatic heterocycles. The van der Waals surface area contributed by atoms with Crippen molar-refractivity contribution in [3.63, 3.8) is 0 Å². The predicted octanol–water partition coefficient (Wildman–Crippen LogP) is 1.73. The first kappa shape index (κ1) is 20.0. The summed E-state index contributed by atoms with van der Waals surface area (Å²) in [5, 5.41) is 10.4. The van der Waals surface area contributed by atoms with Gasteiger partial charge in [0.15, 0.2) is 0 Å². The molecular weight excluding hydrogens is 327 g/mol. The third kappa shape index (κ3) is 6.56. The van der Waals surface area contributed by atoms with Crippen LogP contribution in [-0.4, -0.2) is 73.5 Å². The van der Waals surface area contributed by atoms with E-state index in [1.165, 1.54) is 0 Å². The highest BCUT2D eigenvalue weighted by Gasteiger charge is 2.47. The summed E-state index contributed by atoms with van der Waals surface area (Å²) in [6.07, 6.45) is -3.20. The van der Waals surface area contributed by atoms with Crippen LogP contribution in [0.1, 0.15) is 19.3 Å². The zero-order valence-electron chi connectivity index (χ0n) is 12.7. The minimum atomic E-state index is -5.08. The highest BCUT2D eigenvalue weighted by Crippen LogP contribution is 2.35. The monoisotopic (exact) mass is 348 g/mol. The van der Waals surface area contributed by atoms with Crippen LogP contribution in [0, 0.1) is 0 Å². The summed E-state index contributed by atoms with van der Waals surface area (Å²) in [4.78, 5) is 10.9. The average molecular weight is 348 g/mol. The Bertz CT molecular complexity index is 386. The number of carboxylic acids is 1. The second-order valence-corrected chi connectivity index (χ2v) is 5.63. The molecule has 2 heterocycles. The lowest BCUT2D eigenvalue weighted by Gasteiger charge is -2.35. The number of piperidine rings is 1. The number of likely N-dealkylation sites (tertiary alicyclic amines) is 1. The van der Waals surface area contributed by atoms with Gasteiger partial charge in [-0.3, -0.25) is 4.90 Å². The van der Waals surface area contributed by atoms with Crippen molar-refractivity contribution in [1.29, 1.82) is 0 Å². The van der Waals surface area contributed by atoms with Gasteiger partial charge in [-0.25, -0.2) is 13.6 Å². The lowest BCUT2D eigenvalue weighted by atomic mass is 10.0. The van der Waals surface area contributed by atoms with Gasteiger partial charge >= 0.3 is 12.1 Å². The molecule has 2 fully saturated rings. The summed E-state index contributed by atoms with van der Waals surface area (Å²) in [5.41, 5.74) is 0. The molecule has 2 aliphatic heterocycles. The molecule has 5 nitrogen and oxygen atoms in total. The van der Waals surface area contributed by atoms with Crippen molar-refractivity contribution >= 4 is 5.97 Å². The van der Waals surface area contributed by atoms with Gasteiger partial charge in [-0.05, 0) is 25.9 Å². The van der Waals surface area contributed by atoms with E-state index in [1.807, 2.05) is 4.90 Å². The Labute approximate surface area is 130 Å². The number of hydrogen-bond donors (Lipinski definition) is 2. The van der Waals surface area contributed by atoms with Crippen molar-refractivity contribution in [1.82, 2.24) is 10.2 Å². The Morgan fingerprint density at radius 2 is 1.87 bits per heavy atom. The molecule has 0 radical (unpaired) electrons. The molecule has 136 valence electrons. The first-order valence-electron chi connectivity index (χ1n) is 7.20. The van der Waals surface area contributed by atoms with Crippen LogP contribution in [0.4, 0.5) is 22.0 Å². The van der Waals surface area contributed by atoms with Crippen LogP contribution in [0.2, 0.25) is 0 Å². The summed E-state index contributed by atoms with van der Waals surface area (Å²) < 4.78 is 63.6. The summed E-state index contributed by atoms with van der Waals surface area (Å²) in [6.45, 7) is 2.20. The smallest absolute Gasteiger partial charge is 0.475 e. The van der Waals surface area contributed by atoms with Crippen LogP contribution in [-0.2, 0) is 9.53 Å². The van der Waals surface area contributed by atoms with Crippen LogP contribution in [0.15, 0.2) is 0 Å². The Morgan fingerprint density at radius 3 is 2.30 bits per heavy atom. The fourth-order valence-electron chi connectivity index (χ4n) is 2.84. The number of nitrogens with zero attached hydrogens (tertiary/aromatic N) is 1. The Morgan fingerprint density at radius 1 is 1.35 bits per heavy atom. The molecule has 1 atom stereocenters. The Kier molecular flexibility index (Phi) is 7.15. The van der Waals surface area contributed by atoms with Crippen LogP contribution in [0.3, 0.4) is 0 Å². The first-order chi connectivity index (χ1) is 10.6. The zero-order valence-corrected chi connectivity index (χ0v) is 12.7. The van der Waals surface area contributed by atoms with Crippen molar-refractivity contribution in [3.05, 3.63) is 0 Å². The SMILES string of the molecule is COC[C@H]1CC(F)(F)CN1C1CCNCC1.O=C(O)C(F)(F)F. The number of halogens is 5. The van der Waals surface area contributed by atoms with Crippen molar-refractivity contribution in [2.45, 2.75) is 43.4 Å². The zero-order chi connectivity index (χ0) is 17.7. The van der Waals surface area contributed by atoms with Crippen LogP contribution < -0.4 is 5.32 Å². The van der Waals surface area contributed by atoms with E-state index in [-0.39, 0.29) is 19.0 Å². The fraction of sp³-hybridized carbons (Fsp3) is 0.923. The summed E-state index contributed by atoms with van der Waals surface area (Å²) in [5.74, 6) is -5.29. The average Bonchev–Trinajstić information content (AvgIpc) is 2.75. The van der Waals surface area contributed by atoms with Gasteiger partial charge in [-0.1, -0.05) is 0 Å². The highest BCUT2D eigenvalue weighted by atomic mass is 19.4. The van der Waals surface area contributed by atoms with Crippen molar-refractivity contribution < 1.29 is 36.6 Å². The number of carbonyl (C=O) groups is 1. The number of carboxylic acid groups (broad SMARTS) is 1. The number of hydrogen-bond acceptors (Lipinski definition) is 4. The summed E-state index contributed by atoms with van der Waals surface area (Å²) in [7, 11) is 1.58. The van der Waals surface area contributed by atoms with E-state index >= 15 is 0 Å². The first-order valence-corrected chi connectivity index (χ1v) is 7.20. The van der Waals surface area contributed by atoms with Crippen molar-refractivity contribution in [2.24, 2.45) is 0 Å². The van der Waals surface area contributed by atoms with E-state index < -0.39 is 18.1 Å². The summed E-state index contributed by atoms with van der Waals surface area (Å²) in [6, 6.07) is 0.192. The van der Waals surface area contributed by atoms with Crippen molar-refractivity contribution in [2.75, 3.05) is 33.4 Å². The highest BCUT2D eigenvalue weighted by molar-refractivity contribution is 5.73. The quantitative estimate of drug-likeness (QED) is 0.761. The molecule has 2 saturated heterocycles. The molecule has 10 heteroatoms. The molecule has 0 aromatic rings. The van der Waals surface area contributed by atoms with Crippen LogP contribution in [0.5, 0.6) is 0 Å². The Balaban J connectivity index is 0.000000322. The molecule has 0 amide bonds. The van der Waals surface area contributed by atoms with Gasteiger partial charge < -0.3 is 15.2 Å². The minimum Gasteiger partial charge on any atom is -0.475 e. The molecule has 0 unspecified atom stereocenters. The molecule has 2 N–H and O–H groups in total. The molecule has 2 rings (SSSR count). The van der Waals surface area contributed by atoms with Gasteiger partial charge in [0.1, 0.15) is 0 Å². The lowest BCUT2D eigenvalue weighted by molar-refractivity contribution is -0.192. The molecule has 0 bridgehead atoms. The summed E-state index contributed by atoms with van der Waals surface area (Å²) >= 11 is 0. The number of ether oxygens (including phenoxy) is 1. The second kappa shape index (κ2) is 8.20. The topological polar surface area (TPSA) is 61.8 Å². The molecule has 0 aromatic carbocycles. The maximum absolute atomic E-state index is 13.4. The molecule has 0 saturated carbocycles. The third-order valence-electron chi connectivity index (χ3n) is 3.80. The predicted molar refractivity (Wildman–Crippen MR) is 71.5 cm³/mol. The maximum atomic E-state index is 13.4. The molecule has 0 aliphatic carbocycles. The number of aliphatic carboxylic acids is 1. The fourth-order valence-corrected chi connectivity index (χ4v) is 2.84. The van der Waals surface area contributed by atoms with Gasteiger partial charge in [0.25, 0.3) is 5.92 Å². The number of rotatable bonds is 3. The number of alkyl halides is 5. The maximum Gasteiger partial charge on any atom is 0.490 e. The van der Waals surface area contributed by atoms with Gasteiger partial charge in [0, 0.05) is 25.6 Å². The van der Waals surface area contributed by atoms with Crippen LogP contribution in [0.25, 0.3) is 0 Å². The van der Waals surface area contributed by atoms with Gasteiger partial charge in [0.2, 0.25) is 0 Å². The number of nitrogens with one attached hydrogen (secondary N) is 1. The second-order valence-electron chi connectivity index (χ2n) is 5.63. The third-order valence-corrected chi connectivity index (χ3v) is 3.80. The van der Waals surface area contributed by atoms with Gasteiger partial charge in [0.05, 0.1) is 13.2 Å². The van der Waals surface area contributed by atoms with Crippen molar-refractivity contribution in [3.8, 4) is 0 Å². The van der Waals surface area contributed by atoms with Crippen LogP contribution >= 0.6 is 0 Å². The minimum absolute atomic E-state index is 0.0508.